The van der Waals surface area contributed by atoms with Crippen molar-refractivity contribution in [1.29, 1.82) is 0 Å². The Labute approximate surface area is 196 Å². The van der Waals surface area contributed by atoms with Crippen LogP contribution < -0.4 is 15.8 Å². The predicted octanol–water partition coefficient (Wildman–Crippen LogP) is 3.92. The van der Waals surface area contributed by atoms with Crippen LogP contribution in [0.2, 0.25) is 0 Å². The summed E-state index contributed by atoms with van der Waals surface area (Å²) in [6.45, 7) is 1.01. The third-order valence-electron chi connectivity index (χ3n) is 8.82. The molecule has 8 nitrogen and oxygen atoms in total. The van der Waals surface area contributed by atoms with Gasteiger partial charge in [-0.1, -0.05) is 37.3 Å². The van der Waals surface area contributed by atoms with E-state index in [1.807, 2.05) is 0 Å². The molecule has 1 aromatic rings. The number of aromatic nitrogens is 2. The zero-order valence-corrected chi connectivity index (χ0v) is 19.6. The first-order valence-electron chi connectivity index (χ1n) is 13.1. The number of aryl methyl sites for hydroxylation is 1. The van der Waals surface area contributed by atoms with Crippen LogP contribution >= 0.6 is 0 Å². The second-order valence-electron chi connectivity index (χ2n) is 10.9. The average molecular weight is 458 g/mol. The second kappa shape index (κ2) is 9.94. The predicted molar refractivity (Wildman–Crippen MR) is 125 cm³/mol. The highest BCUT2D eigenvalue weighted by Gasteiger charge is 2.49. The number of hydrogen-bond donors (Lipinski definition) is 3. The minimum absolute atomic E-state index is 0.0663. The molecule has 4 saturated carbocycles. The van der Waals surface area contributed by atoms with E-state index in [-0.39, 0.29) is 17.8 Å². The molecule has 182 valence electrons. The third-order valence-corrected chi connectivity index (χ3v) is 8.82. The van der Waals surface area contributed by atoms with Crippen LogP contribution in [0.15, 0.2) is 11.4 Å². The first-order valence-corrected chi connectivity index (χ1v) is 13.1. The molecule has 8 heteroatoms. The summed E-state index contributed by atoms with van der Waals surface area (Å²) in [5.74, 6) is 3.99. The summed E-state index contributed by atoms with van der Waals surface area (Å²) in [5, 5.41) is 19.8. The molecule has 33 heavy (non-hydrogen) atoms. The lowest BCUT2D eigenvalue weighted by Gasteiger charge is -2.30. The first-order chi connectivity index (χ1) is 16.1. The van der Waals surface area contributed by atoms with Crippen LogP contribution in [0.5, 0.6) is 5.88 Å². The number of hydrogen-bond acceptors (Lipinski definition) is 5. The molecule has 0 saturated heterocycles. The van der Waals surface area contributed by atoms with Gasteiger partial charge in [-0.3, -0.25) is 4.79 Å². The highest BCUT2D eigenvalue weighted by atomic mass is 16.5. The van der Waals surface area contributed by atoms with Gasteiger partial charge in [-0.25, -0.2) is 4.68 Å². The quantitative estimate of drug-likeness (QED) is 0.237. The molecule has 1 amide bonds. The summed E-state index contributed by atoms with van der Waals surface area (Å²) < 4.78 is 7.96. The number of carbonyl (C=O) groups excluding carboxylic acids is 1. The molecule has 1 aromatic heterocycles. The number of rotatable bonds is 8. The van der Waals surface area contributed by atoms with E-state index >= 15 is 0 Å². The minimum Gasteiger partial charge on any atom is -0.477 e. The molecule has 0 aliphatic heterocycles. The molecule has 0 aromatic carbocycles. The van der Waals surface area contributed by atoms with E-state index in [2.05, 4.69) is 15.6 Å². The number of oxime groups is 1. The molecule has 1 heterocycles. The Bertz CT molecular complexity index is 862. The third kappa shape index (κ3) is 4.85. The van der Waals surface area contributed by atoms with Crippen LogP contribution in [-0.4, -0.2) is 39.4 Å². The van der Waals surface area contributed by atoms with Gasteiger partial charge in [0.15, 0.2) is 0 Å². The lowest BCUT2D eigenvalue weighted by molar-refractivity contribution is 0.0900. The smallest absolute Gasteiger partial charge is 0.258 e. The van der Waals surface area contributed by atoms with Crippen molar-refractivity contribution in [2.24, 2.45) is 40.5 Å². The molecule has 5 atom stereocenters. The zero-order valence-electron chi connectivity index (χ0n) is 19.6. The fourth-order valence-corrected chi connectivity index (χ4v) is 7.23. The highest BCUT2D eigenvalue weighted by Crippen LogP contribution is 2.53. The fraction of sp³-hybridized carbons (Fsp3) is 0.800. The summed E-state index contributed by atoms with van der Waals surface area (Å²) in [7, 11) is 0. The largest absolute Gasteiger partial charge is 0.477 e. The number of nitrogens with one attached hydrogen (secondary N) is 1. The van der Waals surface area contributed by atoms with Crippen molar-refractivity contribution in [3.8, 4) is 5.88 Å². The van der Waals surface area contributed by atoms with Crippen molar-refractivity contribution in [3.63, 3.8) is 0 Å². The molecule has 0 radical (unpaired) electrons. The Kier molecular flexibility index (Phi) is 6.79. The number of nitrogens with zero attached hydrogens (tertiary/aromatic N) is 3. The molecule has 5 unspecified atom stereocenters. The Morgan fingerprint density at radius 2 is 1.97 bits per heavy atom. The molecular formula is C25H39N5O3. The van der Waals surface area contributed by atoms with Crippen LogP contribution in [0.4, 0.5) is 0 Å². The van der Waals surface area contributed by atoms with E-state index < -0.39 is 0 Å². The molecule has 4 N–H and O–H groups in total. The van der Waals surface area contributed by atoms with E-state index in [1.165, 1.54) is 70.6 Å². The Morgan fingerprint density at radius 1 is 1.15 bits per heavy atom. The summed E-state index contributed by atoms with van der Waals surface area (Å²) >= 11 is 0. The Morgan fingerprint density at radius 3 is 2.79 bits per heavy atom. The van der Waals surface area contributed by atoms with Gasteiger partial charge in [0, 0.05) is 12.5 Å². The first kappa shape index (κ1) is 22.5. The normalized spacial score (nSPS) is 32.0. The second-order valence-corrected chi connectivity index (χ2v) is 10.9. The molecule has 4 aliphatic carbocycles. The molecule has 0 spiro atoms. The van der Waals surface area contributed by atoms with Crippen molar-refractivity contribution >= 4 is 11.7 Å². The van der Waals surface area contributed by atoms with E-state index in [4.69, 9.17) is 15.7 Å². The molecule has 4 aliphatic rings. The van der Waals surface area contributed by atoms with E-state index in [0.717, 1.165) is 11.8 Å². The van der Waals surface area contributed by atoms with E-state index in [0.29, 0.717) is 48.8 Å². The van der Waals surface area contributed by atoms with Gasteiger partial charge < -0.3 is 21.0 Å². The number of fused-ring (bicyclic) bond motifs is 2. The van der Waals surface area contributed by atoms with Crippen molar-refractivity contribution in [3.05, 3.63) is 11.8 Å². The van der Waals surface area contributed by atoms with Gasteiger partial charge in [-0.15, -0.1) is 0 Å². The summed E-state index contributed by atoms with van der Waals surface area (Å²) in [4.78, 5) is 13.5. The minimum atomic E-state index is -0.0663. The van der Waals surface area contributed by atoms with Gasteiger partial charge >= 0.3 is 0 Å². The van der Waals surface area contributed by atoms with Gasteiger partial charge in [0.1, 0.15) is 11.4 Å². The standard InChI is InChI=1S/C25H39N5O3/c26-22(29-32)9-10-30-25(33-15-16-5-2-1-3-6-16)21(14-27-30)24(31)28-23-19-12-17-7-4-8-20(23)18(11-17)13-19/h14,16-20,23,32H,1-13,15H2,(H2,26,29)(H,28,31). The number of amides is 1. The summed E-state index contributed by atoms with van der Waals surface area (Å²) in [6, 6.07) is 0.277. The Balaban J connectivity index is 1.31. The van der Waals surface area contributed by atoms with Crippen LogP contribution in [0.3, 0.4) is 0 Å². The SMILES string of the molecule is N/C(CCn1ncc(C(=O)NC2C3CC4CCCC2C(C4)C3)c1OCC1CCCCC1)=N\O. The highest BCUT2D eigenvalue weighted by molar-refractivity contribution is 5.96. The number of carbonyl (C=O) groups is 1. The topological polar surface area (TPSA) is 115 Å². The van der Waals surface area contributed by atoms with Gasteiger partial charge in [-0.2, -0.15) is 5.10 Å². The Hall–Kier alpha value is -2.25. The maximum Gasteiger partial charge on any atom is 0.258 e. The molecule has 5 rings (SSSR count). The zero-order chi connectivity index (χ0) is 22.8. The van der Waals surface area contributed by atoms with Crippen molar-refractivity contribution < 1.29 is 14.7 Å². The van der Waals surface area contributed by atoms with Crippen LogP contribution in [-0.2, 0) is 6.54 Å². The number of nitrogens with two attached hydrogens (primary N) is 1. The number of amidine groups is 1. The summed E-state index contributed by atoms with van der Waals surface area (Å²) in [5.41, 5.74) is 6.19. The van der Waals surface area contributed by atoms with Gasteiger partial charge in [0.25, 0.3) is 5.91 Å². The van der Waals surface area contributed by atoms with Crippen LogP contribution in [0.1, 0.15) is 87.4 Å². The lowest BCUT2D eigenvalue weighted by Crippen LogP contribution is -2.42. The van der Waals surface area contributed by atoms with Crippen molar-refractivity contribution in [2.75, 3.05) is 6.61 Å². The van der Waals surface area contributed by atoms with E-state index in [1.54, 1.807) is 10.9 Å². The molecule has 4 fully saturated rings. The average Bonchev–Trinajstić information content (AvgIpc) is 3.29. The fourth-order valence-electron chi connectivity index (χ4n) is 7.23. The van der Waals surface area contributed by atoms with Gasteiger partial charge in [-0.05, 0) is 68.1 Å². The monoisotopic (exact) mass is 457 g/mol. The van der Waals surface area contributed by atoms with Crippen molar-refractivity contribution in [2.45, 2.75) is 89.6 Å². The molecular weight excluding hydrogens is 418 g/mol. The molecule has 3 bridgehead atoms. The maximum absolute atomic E-state index is 13.5. The van der Waals surface area contributed by atoms with Gasteiger partial charge in [0.2, 0.25) is 5.88 Å². The van der Waals surface area contributed by atoms with Crippen molar-refractivity contribution in [1.82, 2.24) is 15.1 Å². The number of ether oxygens (including phenoxy) is 1. The van der Waals surface area contributed by atoms with Gasteiger partial charge in [0.05, 0.1) is 19.3 Å². The van der Waals surface area contributed by atoms with Crippen LogP contribution in [0.25, 0.3) is 0 Å². The van der Waals surface area contributed by atoms with E-state index in [9.17, 15) is 4.79 Å². The summed E-state index contributed by atoms with van der Waals surface area (Å²) in [6.07, 6.45) is 15.9. The lowest BCUT2D eigenvalue weighted by atomic mass is 9.79. The van der Waals surface area contributed by atoms with Crippen LogP contribution in [0, 0.1) is 29.6 Å². The maximum atomic E-state index is 13.5.